The second kappa shape index (κ2) is 7.12. The molecule has 2 aliphatic rings. The van der Waals surface area contributed by atoms with Crippen molar-refractivity contribution >= 4 is 5.97 Å². The van der Waals surface area contributed by atoms with Crippen LogP contribution >= 0.6 is 0 Å². The van der Waals surface area contributed by atoms with Crippen molar-refractivity contribution in [2.75, 3.05) is 34.1 Å². The van der Waals surface area contributed by atoms with Crippen LogP contribution in [0.25, 0.3) is 11.1 Å². The lowest BCUT2D eigenvalue weighted by molar-refractivity contribution is 0.0526. The minimum atomic E-state index is -0.313. The Morgan fingerprint density at radius 3 is 2.59 bits per heavy atom. The van der Waals surface area contributed by atoms with Gasteiger partial charge < -0.3 is 23.8 Å². The van der Waals surface area contributed by atoms with Crippen LogP contribution in [-0.2, 0) is 17.7 Å². The molecule has 0 saturated carbocycles. The van der Waals surface area contributed by atoms with E-state index in [1.807, 2.05) is 12.1 Å². The normalized spacial score (nSPS) is 15.4. The first-order valence-corrected chi connectivity index (χ1v) is 9.11. The monoisotopic (exact) mass is 369 g/mol. The Bertz CT molecular complexity index is 875. The standard InChI is InChI=1S/C21H23NO5/c1-4-25-21(23)14-7-5-13(6-8-14)17-15-9-10-22(2)11-16(15)18(24-3)20-19(17)26-12-27-20/h5-8H,4,9-12H2,1-3H3. The average Bonchev–Trinajstić information content (AvgIpc) is 3.15. The Balaban J connectivity index is 1.85. The van der Waals surface area contributed by atoms with Gasteiger partial charge in [0.1, 0.15) is 0 Å². The molecule has 6 nitrogen and oxygen atoms in total. The van der Waals surface area contributed by atoms with Crippen LogP contribution < -0.4 is 14.2 Å². The highest BCUT2D eigenvalue weighted by Gasteiger charge is 2.33. The molecule has 0 saturated heterocycles. The van der Waals surface area contributed by atoms with Crippen LogP contribution in [0.5, 0.6) is 17.2 Å². The smallest absolute Gasteiger partial charge is 0.338 e. The predicted molar refractivity (Wildman–Crippen MR) is 101 cm³/mol. The molecule has 142 valence electrons. The highest BCUT2D eigenvalue weighted by Crippen LogP contribution is 2.53. The number of hydrogen-bond donors (Lipinski definition) is 0. The number of carbonyl (C=O) groups is 1. The molecule has 0 aliphatic carbocycles. The van der Waals surface area contributed by atoms with Crippen LogP contribution in [0, 0.1) is 0 Å². The molecule has 2 aromatic carbocycles. The Morgan fingerprint density at radius 2 is 1.89 bits per heavy atom. The van der Waals surface area contributed by atoms with Gasteiger partial charge in [-0.05, 0) is 43.7 Å². The molecule has 0 fully saturated rings. The summed E-state index contributed by atoms with van der Waals surface area (Å²) in [5.41, 5.74) is 4.92. The van der Waals surface area contributed by atoms with E-state index < -0.39 is 0 Å². The summed E-state index contributed by atoms with van der Waals surface area (Å²) in [7, 11) is 3.76. The summed E-state index contributed by atoms with van der Waals surface area (Å²) in [5.74, 6) is 1.83. The number of ether oxygens (including phenoxy) is 4. The maximum Gasteiger partial charge on any atom is 0.338 e. The molecule has 0 atom stereocenters. The van der Waals surface area contributed by atoms with Crippen molar-refractivity contribution in [1.82, 2.24) is 4.90 Å². The molecule has 4 rings (SSSR count). The van der Waals surface area contributed by atoms with Gasteiger partial charge in [-0.25, -0.2) is 4.79 Å². The van der Waals surface area contributed by atoms with E-state index in [1.165, 1.54) is 5.56 Å². The summed E-state index contributed by atoms with van der Waals surface area (Å²) in [5, 5.41) is 0. The van der Waals surface area contributed by atoms with Gasteiger partial charge in [0.05, 0.1) is 19.3 Å². The van der Waals surface area contributed by atoms with Crippen molar-refractivity contribution in [3.63, 3.8) is 0 Å². The van der Waals surface area contributed by atoms with Crippen molar-refractivity contribution in [2.24, 2.45) is 0 Å². The molecule has 2 heterocycles. The molecular formula is C21H23NO5. The van der Waals surface area contributed by atoms with Gasteiger partial charge in [-0.2, -0.15) is 0 Å². The van der Waals surface area contributed by atoms with Crippen LogP contribution in [0.4, 0.5) is 0 Å². The van der Waals surface area contributed by atoms with E-state index in [2.05, 4.69) is 11.9 Å². The minimum absolute atomic E-state index is 0.179. The molecular weight excluding hydrogens is 346 g/mol. The number of rotatable bonds is 4. The van der Waals surface area contributed by atoms with Gasteiger partial charge in [-0.15, -0.1) is 0 Å². The number of carbonyl (C=O) groups excluding carboxylic acids is 1. The first-order valence-electron chi connectivity index (χ1n) is 9.11. The molecule has 0 bridgehead atoms. The lowest BCUT2D eigenvalue weighted by atomic mass is 9.88. The Labute approximate surface area is 158 Å². The van der Waals surface area contributed by atoms with Gasteiger partial charge in [0, 0.05) is 24.2 Å². The van der Waals surface area contributed by atoms with Crippen molar-refractivity contribution in [3.05, 3.63) is 41.0 Å². The van der Waals surface area contributed by atoms with E-state index in [9.17, 15) is 4.79 Å². The average molecular weight is 369 g/mol. The quantitative estimate of drug-likeness (QED) is 0.771. The van der Waals surface area contributed by atoms with E-state index in [1.54, 1.807) is 26.2 Å². The molecule has 2 aromatic rings. The maximum absolute atomic E-state index is 11.9. The number of hydrogen-bond acceptors (Lipinski definition) is 6. The number of fused-ring (bicyclic) bond motifs is 2. The zero-order chi connectivity index (χ0) is 19.0. The molecule has 0 spiro atoms. The molecule has 27 heavy (non-hydrogen) atoms. The molecule has 0 aromatic heterocycles. The van der Waals surface area contributed by atoms with Gasteiger partial charge in [-0.3, -0.25) is 0 Å². The van der Waals surface area contributed by atoms with Gasteiger partial charge in [0.25, 0.3) is 0 Å². The summed E-state index contributed by atoms with van der Waals surface area (Å²) < 4.78 is 22.3. The molecule has 0 amide bonds. The summed E-state index contributed by atoms with van der Waals surface area (Å²) in [4.78, 5) is 14.2. The SMILES string of the molecule is CCOC(=O)c1ccc(-c2c3c(c(OC)c4c2OCO4)CN(C)CC3)cc1. The molecule has 0 N–H and O–H groups in total. The van der Waals surface area contributed by atoms with Crippen molar-refractivity contribution in [3.8, 4) is 28.4 Å². The number of nitrogens with zero attached hydrogens (tertiary/aromatic N) is 1. The summed E-state index contributed by atoms with van der Waals surface area (Å²) in [6, 6.07) is 7.46. The Kier molecular flexibility index (Phi) is 4.66. The number of esters is 1. The maximum atomic E-state index is 11.9. The summed E-state index contributed by atoms with van der Waals surface area (Å²) >= 11 is 0. The minimum Gasteiger partial charge on any atom is -0.492 e. The molecule has 2 aliphatic heterocycles. The fourth-order valence-corrected chi connectivity index (χ4v) is 3.80. The van der Waals surface area contributed by atoms with Crippen LogP contribution in [-0.4, -0.2) is 45.0 Å². The van der Waals surface area contributed by atoms with E-state index in [4.69, 9.17) is 18.9 Å². The van der Waals surface area contributed by atoms with Crippen LogP contribution in [0.3, 0.4) is 0 Å². The van der Waals surface area contributed by atoms with Gasteiger partial charge in [0.15, 0.2) is 11.5 Å². The van der Waals surface area contributed by atoms with Crippen molar-refractivity contribution in [2.45, 2.75) is 19.9 Å². The zero-order valence-corrected chi connectivity index (χ0v) is 15.8. The number of methoxy groups -OCH3 is 1. The molecule has 6 heteroatoms. The largest absolute Gasteiger partial charge is 0.492 e. The summed E-state index contributed by atoms with van der Waals surface area (Å²) in [6.07, 6.45) is 0.897. The third-order valence-corrected chi connectivity index (χ3v) is 5.05. The van der Waals surface area contributed by atoms with Crippen LogP contribution in [0.15, 0.2) is 24.3 Å². The Morgan fingerprint density at radius 1 is 1.15 bits per heavy atom. The topological polar surface area (TPSA) is 57.2 Å². The number of likely N-dealkylation sites (N-methyl/N-ethyl adjacent to an activating group) is 1. The third-order valence-electron chi connectivity index (χ3n) is 5.05. The fourth-order valence-electron chi connectivity index (χ4n) is 3.80. The first-order chi connectivity index (χ1) is 13.1. The number of benzene rings is 2. The first kappa shape index (κ1) is 17.7. The van der Waals surface area contributed by atoms with E-state index in [-0.39, 0.29) is 12.8 Å². The second-order valence-corrected chi connectivity index (χ2v) is 6.72. The zero-order valence-electron chi connectivity index (χ0n) is 15.8. The van der Waals surface area contributed by atoms with E-state index in [0.29, 0.717) is 17.9 Å². The third kappa shape index (κ3) is 3.00. The second-order valence-electron chi connectivity index (χ2n) is 6.72. The highest BCUT2D eigenvalue weighted by atomic mass is 16.7. The van der Waals surface area contributed by atoms with Crippen LogP contribution in [0.2, 0.25) is 0 Å². The molecule has 0 unspecified atom stereocenters. The Hall–Kier alpha value is -2.73. The van der Waals surface area contributed by atoms with E-state index >= 15 is 0 Å². The summed E-state index contributed by atoms with van der Waals surface area (Å²) in [6.45, 7) is 4.09. The van der Waals surface area contributed by atoms with E-state index in [0.717, 1.165) is 47.7 Å². The lowest BCUT2D eigenvalue weighted by Gasteiger charge is -2.29. The fraction of sp³-hybridized carbons (Fsp3) is 0.381. The van der Waals surface area contributed by atoms with Crippen molar-refractivity contribution in [1.29, 1.82) is 0 Å². The van der Waals surface area contributed by atoms with Crippen molar-refractivity contribution < 1.29 is 23.7 Å². The van der Waals surface area contributed by atoms with Gasteiger partial charge >= 0.3 is 5.97 Å². The van der Waals surface area contributed by atoms with Gasteiger partial charge in [-0.1, -0.05) is 12.1 Å². The van der Waals surface area contributed by atoms with Gasteiger partial charge in [0.2, 0.25) is 12.5 Å². The highest BCUT2D eigenvalue weighted by molar-refractivity contribution is 5.91. The lowest BCUT2D eigenvalue weighted by Crippen LogP contribution is -2.27. The predicted octanol–water partition coefficient (Wildman–Crippen LogP) is 3.26. The molecule has 0 radical (unpaired) electrons. The van der Waals surface area contributed by atoms with Crippen LogP contribution in [0.1, 0.15) is 28.4 Å².